The van der Waals surface area contributed by atoms with E-state index >= 15 is 0 Å². The molecule has 0 unspecified atom stereocenters. The van der Waals surface area contributed by atoms with Crippen LogP contribution in [-0.2, 0) is 47.7 Å². The molecule has 0 fully saturated rings. The predicted octanol–water partition coefficient (Wildman–Crippen LogP) is -4.25. The van der Waals surface area contributed by atoms with Crippen LogP contribution in [0.2, 0.25) is 0 Å². The first-order chi connectivity index (χ1) is 24.6. The highest BCUT2D eigenvalue weighted by atomic mass is 16.5. The van der Waals surface area contributed by atoms with Gasteiger partial charge in [-0.2, -0.15) is 0 Å². The maximum Gasteiger partial charge on any atom is 0.246 e. The van der Waals surface area contributed by atoms with Gasteiger partial charge in [-0.3, -0.25) is 34.1 Å². The van der Waals surface area contributed by atoms with Crippen molar-refractivity contribution in [3.63, 3.8) is 0 Å². The Kier molecular flexibility index (Phi) is 31.3. The van der Waals surface area contributed by atoms with Gasteiger partial charge in [0.2, 0.25) is 35.4 Å². The number of ether oxygens (including phenoxy) is 4. The standard InChI is InChI=1S/C31H62N10O10/c32-10-3-1-7-25(31(47)38-11-4-2-6-24(30(35)46)39-22-33)41-27(43)9-5-8-26(42)36-12-14-48-16-18-50-20-28(44)37-13-15-49-17-19-51-21-29(45)40-23-34/h24-25,39H,1-23,32-34H2,(H2,35,46)(H,36,42)(H,37,44)(H,38,47)(H,40,45)(H,41,43)/t24-,25-/m0/s1. The molecule has 0 aromatic rings. The van der Waals surface area contributed by atoms with Gasteiger partial charge in [-0.05, 0) is 51.5 Å². The molecule has 0 spiro atoms. The fourth-order valence-electron chi connectivity index (χ4n) is 4.33. The monoisotopic (exact) mass is 734 g/mol. The highest BCUT2D eigenvalue weighted by Crippen LogP contribution is 2.05. The van der Waals surface area contributed by atoms with Crippen molar-refractivity contribution in [2.45, 2.75) is 69.9 Å². The van der Waals surface area contributed by atoms with E-state index in [-0.39, 0.29) is 115 Å². The van der Waals surface area contributed by atoms with Crippen LogP contribution in [-0.4, -0.2) is 140 Å². The molecule has 0 heterocycles. The van der Waals surface area contributed by atoms with E-state index in [4.69, 9.17) is 41.9 Å². The lowest BCUT2D eigenvalue weighted by molar-refractivity contribution is -0.129. The summed E-state index contributed by atoms with van der Waals surface area (Å²) in [7, 11) is 0. The van der Waals surface area contributed by atoms with Gasteiger partial charge in [-0.1, -0.05) is 0 Å². The number of rotatable bonds is 35. The molecular formula is C31H62N10O10. The molecule has 6 amide bonds. The zero-order chi connectivity index (χ0) is 38.0. The molecule has 0 radical (unpaired) electrons. The van der Waals surface area contributed by atoms with Crippen molar-refractivity contribution in [3.05, 3.63) is 0 Å². The number of nitrogens with one attached hydrogen (secondary N) is 6. The molecule has 20 nitrogen and oxygen atoms in total. The Morgan fingerprint density at radius 1 is 0.510 bits per heavy atom. The van der Waals surface area contributed by atoms with E-state index in [2.05, 4.69) is 31.9 Å². The molecule has 0 aromatic carbocycles. The van der Waals surface area contributed by atoms with Crippen molar-refractivity contribution < 1.29 is 47.7 Å². The predicted molar refractivity (Wildman–Crippen MR) is 187 cm³/mol. The van der Waals surface area contributed by atoms with Crippen LogP contribution in [0.15, 0.2) is 0 Å². The lowest BCUT2D eigenvalue weighted by Crippen LogP contribution is -2.47. The van der Waals surface area contributed by atoms with Crippen molar-refractivity contribution in [2.24, 2.45) is 22.9 Å². The molecule has 296 valence electrons. The van der Waals surface area contributed by atoms with Crippen molar-refractivity contribution in [3.8, 4) is 0 Å². The Morgan fingerprint density at radius 2 is 1.06 bits per heavy atom. The first-order valence-corrected chi connectivity index (χ1v) is 17.5. The van der Waals surface area contributed by atoms with Crippen LogP contribution in [0.25, 0.3) is 0 Å². The SMILES string of the molecule is NCCCC[C@H](NC(=O)CCCC(=O)NCCOCCOCC(=O)NCCOCCOCC(=O)NCN)C(=O)NCCCC[C@H](NCN)C(N)=O. The summed E-state index contributed by atoms with van der Waals surface area (Å²) in [4.78, 5) is 71.7. The van der Waals surface area contributed by atoms with Gasteiger partial charge in [-0.25, -0.2) is 0 Å². The second-order valence-electron chi connectivity index (χ2n) is 11.2. The molecular weight excluding hydrogens is 672 g/mol. The highest BCUT2D eigenvalue weighted by molar-refractivity contribution is 5.87. The van der Waals surface area contributed by atoms with Gasteiger partial charge in [0.15, 0.2) is 0 Å². The molecule has 20 heteroatoms. The Morgan fingerprint density at radius 3 is 1.65 bits per heavy atom. The Balaban J connectivity index is 3.96. The fourth-order valence-corrected chi connectivity index (χ4v) is 4.33. The summed E-state index contributed by atoms with van der Waals surface area (Å²) in [6.07, 6.45) is 4.10. The minimum Gasteiger partial charge on any atom is -0.377 e. The topological polar surface area (TPSA) is 316 Å². The number of hydrogen-bond donors (Lipinski definition) is 10. The lowest BCUT2D eigenvalue weighted by atomic mass is 10.1. The van der Waals surface area contributed by atoms with Crippen LogP contribution in [0, 0.1) is 0 Å². The third kappa shape index (κ3) is 29.9. The van der Waals surface area contributed by atoms with Crippen LogP contribution in [0.3, 0.4) is 0 Å². The van der Waals surface area contributed by atoms with Gasteiger partial charge in [0.25, 0.3) is 0 Å². The van der Waals surface area contributed by atoms with Gasteiger partial charge < -0.3 is 68.5 Å². The number of amides is 6. The zero-order valence-corrected chi connectivity index (χ0v) is 29.8. The van der Waals surface area contributed by atoms with E-state index < -0.39 is 18.0 Å². The number of carbonyl (C=O) groups excluding carboxylic acids is 6. The highest BCUT2D eigenvalue weighted by Gasteiger charge is 2.20. The summed E-state index contributed by atoms with van der Waals surface area (Å²) in [5, 5.41) is 16.2. The van der Waals surface area contributed by atoms with Crippen LogP contribution >= 0.6 is 0 Å². The largest absolute Gasteiger partial charge is 0.377 e. The van der Waals surface area contributed by atoms with Crippen LogP contribution in [0.4, 0.5) is 0 Å². The van der Waals surface area contributed by atoms with Crippen LogP contribution in [0.1, 0.15) is 57.8 Å². The van der Waals surface area contributed by atoms with E-state index in [1.54, 1.807) is 0 Å². The zero-order valence-electron chi connectivity index (χ0n) is 29.8. The first kappa shape index (κ1) is 47.5. The number of carbonyl (C=O) groups is 6. The van der Waals surface area contributed by atoms with E-state index in [0.29, 0.717) is 64.6 Å². The van der Waals surface area contributed by atoms with Crippen molar-refractivity contribution in [1.29, 1.82) is 0 Å². The second kappa shape index (κ2) is 33.6. The van der Waals surface area contributed by atoms with E-state index in [1.165, 1.54) is 0 Å². The summed E-state index contributed by atoms with van der Waals surface area (Å²) in [5.41, 5.74) is 21.5. The second-order valence-corrected chi connectivity index (χ2v) is 11.2. The Labute approximate surface area is 300 Å². The number of unbranched alkanes of at least 4 members (excludes halogenated alkanes) is 2. The summed E-state index contributed by atoms with van der Waals surface area (Å²) in [5.74, 6) is -1.95. The molecule has 0 saturated carbocycles. The molecule has 0 aliphatic rings. The van der Waals surface area contributed by atoms with Gasteiger partial charge in [-0.15, -0.1) is 0 Å². The molecule has 0 bridgehead atoms. The molecule has 2 atom stereocenters. The summed E-state index contributed by atoms with van der Waals surface area (Å²) in [6, 6.07) is -1.24. The molecule has 0 aliphatic carbocycles. The van der Waals surface area contributed by atoms with E-state index in [9.17, 15) is 28.8 Å². The van der Waals surface area contributed by atoms with Crippen LogP contribution in [0.5, 0.6) is 0 Å². The maximum absolute atomic E-state index is 12.8. The number of hydrogen-bond acceptors (Lipinski definition) is 14. The Bertz CT molecular complexity index is 980. The summed E-state index contributed by atoms with van der Waals surface area (Å²) < 4.78 is 21.0. The fraction of sp³-hybridized carbons (Fsp3) is 0.806. The quantitative estimate of drug-likeness (QED) is 0.0218. The first-order valence-electron chi connectivity index (χ1n) is 17.5. The lowest BCUT2D eigenvalue weighted by Gasteiger charge is -2.19. The molecule has 0 aromatic heterocycles. The average molecular weight is 735 g/mol. The number of primary amides is 1. The van der Waals surface area contributed by atoms with Gasteiger partial charge in [0.05, 0.1) is 52.4 Å². The van der Waals surface area contributed by atoms with Crippen molar-refractivity contribution in [1.82, 2.24) is 31.9 Å². The maximum atomic E-state index is 12.8. The third-order valence-electron chi connectivity index (χ3n) is 6.98. The van der Waals surface area contributed by atoms with Crippen LogP contribution < -0.4 is 54.8 Å². The third-order valence-corrected chi connectivity index (χ3v) is 6.98. The van der Waals surface area contributed by atoms with Gasteiger partial charge >= 0.3 is 0 Å². The molecule has 14 N–H and O–H groups in total. The minimum atomic E-state index is -0.716. The van der Waals surface area contributed by atoms with Gasteiger partial charge in [0.1, 0.15) is 19.3 Å². The molecule has 0 aliphatic heterocycles. The molecule has 0 rings (SSSR count). The van der Waals surface area contributed by atoms with Gasteiger partial charge in [0, 0.05) is 39.1 Å². The van der Waals surface area contributed by atoms with Crippen molar-refractivity contribution in [2.75, 3.05) is 92.4 Å². The minimum absolute atomic E-state index is 0.0493. The smallest absolute Gasteiger partial charge is 0.246 e. The normalized spacial score (nSPS) is 12.1. The molecule has 0 saturated heterocycles. The summed E-state index contributed by atoms with van der Waals surface area (Å²) in [6.45, 7) is 2.83. The van der Waals surface area contributed by atoms with E-state index in [0.717, 1.165) is 0 Å². The molecule has 51 heavy (non-hydrogen) atoms. The van der Waals surface area contributed by atoms with Crippen molar-refractivity contribution >= 4 is 35.4 Å². The Hall–Kier alpha value is -3.50. The number of nitrogens with two attached hydrogens (primary N) is 4. The average Bonchev–Trinajstić information content (AvgIpc) is 3.09. The summed E-state index contributed by atoms with van der Waals surface area (Å²) >= 11 is 0. The van der Waals surface area contributed by atoms with E-state index in [1.807, 2.05) is 0 Å².